The Morgan fingerprint density at radius 2 is 2.56 bits per heavy atom. The molecular weight excluding hydrogens is 120 g/mol. The van der Waals surface area contributed by atoms with Crippen LogP contribution in [0.15, 0.2) is 9.98 Å². The molecule has 0 saturated carbocycles. The van der Waals surface area contributed by atoms with Crippen molar-refractivity contribution in [1.82, 2.24) is 0 Å². The Balaban J connectivity index is 2.53. The maximum absolute atomic E-state index is 10.6. The van der Waals surface area contributed by atoms with Crippen molar-refractivity contribution in [2.75, 3.05) is 7.11 Å². The van der Waals surface area contributed by atoms with Gasteiger partial charge in [-0.2, -0.15) is 0 Å². The third-order valence-electron chi connectivity index (χ3n) is 0.964. The normalized spacial score (nSPS) is 22.6. The summed E-state index contributed by atoms with van der Waals surface area (Å²) in [6, 6.07) is -0.505. The lowest BCUT2D eigenvalue weighted by Gasteiger charge is -1.97. The molecule has 0 aromatic heterocycles. The van der Waals surface area contributed by atoms with Crippen LogP contribution in [-0.4, -0.2) is 31.7 Å². The smallest absolute Gasteiger partial charge is 0.336 e. The fourth-order valence-electron chi connectivity index (χ4n) is 0.511. The van der Waals surface area contributed by atoms with E-state index in [1.165, 1.54) is 19.7 Å². The first-order valence-corrected chi connectivity index (χ1v) is 2.47. The van der Waals surface area contributed by atoms with Crippen molar-refractivity contribution in [3.8, 4) is 0 Å². The SMILES string of the molecule is COC(=O)[C@H]1C=NC=N1. The van der Waals surface area contributed by atoms with E-state index >= 15 is 0 Å². The van der Waals surface area contributed by atoms with Crippen molar-refractivity contribution in [2.45, 2.75) is 6.04 Å². The number of hydrogen-bond donors (Lipinski definition) is 0. The van der Waals surface area contributed by atoms with Crippen molar-refractivity contribution >= 4 is 18.5 Å². The molecule has 0 N–H and O–H groups in total. The van der Waals surface area contributed by atoms with Crippen LogP contribution in [0.2, 0.25) is 0 Å². The molecule has 0 saturated heterocycles. The molecule has 1 rings (SSSR count). The summed E-state index contributed by atoms with van der Waals surface area (Å²) in [7, 11) is 1.32. The topological polar surface area (TPSA) is 51.0 Å². The number of carbonyl (C=O) groups excluding carboxylic acids is 1. The van der Waals surface area contributed by atoms with Crippen LogP contribution < -0.4 is 0 Å². The second-order valence-corrected chi connectivity index (χ2v) is 1.53. The summed E-state index contributed by atoms with van der Waals surface area (Å²) >= 11 is 0. The lowest BCUT2D eigenvalue weighted by atomic mass is 10.4. The van der Waals surface area contributed by atoms with Crippen LogP contribution in [0, 0.1) is 0 Å². The van der Waals surface area contributed by atoms with Gasteiger partial charge in [0.1, 0.15) is 6.34 Å². The molecule has 4 nitrogen and oxygen atoms in total. The molecule has 4 heteroatoms. The molecule has 0 bridgehead atoms. The molecule has 0 aromatic carbocycles. The number of hydrogen-bond acceptors (Lipinski definition) is 4. The van der Waals surface area contributed by atoms with Gasteiger partial charge in [-0.25, -0.2) is 9.79 Å². The van der Waals surface area contributed by atoms with E-state index in [1.807, 2.05) is 0 Å². The molecular formula is C5H6N2O2. The van der Waals surface area contributed by atoms with Gasteiger partial charge in [-0.3, -0.25) is 4.99 Å². The van der Waals surface area contributed by atoms with Crippen molar-refractivity contribution in [2.24, 2.45) is 9.98 Å². The van der Waals surface area contributed by atoms with Crippen molar-refractivity contribution in [1.29, 1.82) is 0 Å². The van der Waals surface area contributed by atoms with Gasteiger partial charge in [0, 0.05) is 6.21 Å². The van der Waals surface area contributed by atoms with Crippen molar-refractivity contribution < 1.29 is 9.53 Å². The van der Waals surface area contributed by atoms with Crippen molar-refractivity contribution in [3.63, 3.8) is 0 Å². The Morgan fingerprint density at radius 3 is 3.00 bits per heavy atom. The largest absolute Gasteiger partial charge is 0.467 e. The van der Waals surface area contributed by atoms with E-state index in [4.69, 9.17) is 0 Å². The zero-order valence-electron chi connectivity index (χ0n) is 4.94. The lowest BCUT2D eigenvalue weighted by molar-refractivity contribution is -0.140. The predicted octanol–water partition coefficient (Wildman–Crippen LogP) is -0.359. The average molecular weight is 126 g/mol. The van der Waals surface area contributed by atoms with Crippen molar-refractivity contribution in [3.05, 3.63) is 0 Å². The Morgan fingerprint density at radius 1 is 1.78 bits per heavy atom. The molecule has 0 amide bonds. The lowest BCUT2D eigenvalue weighted by Crippen LogP contribution is -2.19. The summed E-state index contributed by atoms with van der Waals surface area (Å²) in [6.07, 6.45) is 2.77. The number of carbonyl (C=O) groups is 1. The molecule has 1 aliphatic heterocycles. The summed E-state index contributed by atoms with van der Waals surface area (Å²) < 4.78 is 4.39. The van der Waals surface area contributed by atoms with Crippen LogP contribution in [0.5, 0.6) is 0 Å². The molecule has 48 valence electrons. The molecule has 0 radical (unpaired) electrons. The Hall–Kier alpha value is -1.19. The molecule has 9 heavy (non-hydrogen) atoms. The Kier molecular flexibility index (Phi) is 1.58. The summed E-state index contributed by atoms with van der Waals surface area (Å²) in [6.45, 7) is 0. The van der Waals surface area contributed by atoms with Gasteiger partial charge in [-0.15, -0.1) is 0 Å². The highest BCUT2D eigenvalue weighted by Gasteiger charge is 2.16. The van der Waals surface area contributed by atoms with Gasteiger partial charge in [0.25, 0.3) is 0 Å². The molecule has 0 aliphatic carbocycles. The zero-order valence-corrected chi connectivity index (χ0v) is 4.94. The van der Waals surface area contributed by atoms with Crippen LogP contribution in [0.25, 0.3) is 0 Å². The molecule has 0 spiro atoms. The Labute approximate surface area is 52.3 Å². The monoisotopic (exact) mass is 126 g/mol. The number of methoxy groups -OCH3 is 1. The second-order valence-electron chi connectivity index (χ2n) is 1.53. The van der Waals surface area contributed by atoms with E-state index in [0.29, 0.717) is 0 Å². The highest BCUT2D eigenvalue weighted by Crippen LogP contribution is 1.94. The van der Waals surface area contributed by atoms with Gasteiger partial charge in [0.2, 0.25) is 0 Å². The molecule has 1 aliphatic rings. The minimum Gasteiger partial charge on any atom is -0.467 e. The van der Waals surface area contributed by atoms with Crippen LogP contribution in [0.3, 0.4) is 0 Å². The number of esters is 1. The number of ether oxygens (including phenoxy) is 1. The van der Waals surface area contributed by atoms with Crippen LogP contribution in [-0.2, 0) is 9.53 Å². The minimum atomic E-state index is -0.505. The third-order valence-corrected chi connectivity index (χ3v) is 0.964. The summed E-state index contributed by atoms with van der Waals surface area (Å²) in [5.74, 6) is -0.368. The molecule has 1 heterocycles. The van der Waals surface area contributed by atoms with E-state index in [2.05, 4.69) is 14.7 Å². The van der Waals surface area contributed by atoms with Gasteiger partial charge >= 0.3 is 5.97 Å². The average Bonchev–Trinajstić information content (AvgIpc) is 2.37. The van der Waals surface area contributed by atoms with Gasteiger partial charge in [-0.05, 0) is 0 Å². The zero-order chi connectivity index (χ0) is 6.69. The van der Waals surface area contributed by atoms with E-state index in [1.54, 1.807) is 0 Å². The highest BCUT2D eigenvalue weighted by atomic mass is 16.5. The summed E-state index contributed by atoms with van der Waals surface area (Å²) in [5, 5.41) is 0. The number of nitrogens with zero attached hydrogens (tertiary/aromatic N) is 2. The minimum absolute atomic E-state index is 0.368. The molecule has 0 fully saturated rings. The molecule has 0 unspecified atom stereocenters. The van der Waals surface area contributed by atoms with E-state index in [0.717, 1.165) is 0 Å². The molecule has 1 atom stereocenters. The van der Waals surface area contributed by atoms with Crippen LogP contribution in [0.1, 0.15) is 0 Å². The van der Waals surface area contributed by atoms with Crippen LogP contribution in [0.4, 0.5) is 0 Å². The van der Waals surface area contributed by atoms with E-state index in [9.17, 15) is 4.79 Å². The first kappa shape index (κ1) is 5.94. The second kappa shape index (κ2) is 2.39. The standard InChI is InChI=1S/C5H6N2O2/c1-9-5(8)4-2-6-3-7-4/h2-4H,1H3/t4-/m1/s1. The van der Waals surface area contributed by atoms with Gasteiger partial charge in [0.05, 0.1) is 7.11 Å². The first-order chi connectivity index (χ1) is 4.34. The van der Waals surface area contributed by atoms with Gasteiger partial charge < -0.3 is 4.74 Å². The third kappa shape index (κ3) is 1.13. The fraction of sp³-hybridized carbons (Fsp3) is 0.400. The maximum Gasteiger partial charge on any atom is 0.336 e. The summed E-state index contributed by atoms with van der Waals surface area (Å²) in [4.78, 5) is 17.9. The highest BCUT2D eigenvalue weighted by molar-refractivity contribution is 6.00. The predicted molar refractivity (Wildman–Crippen MR) is 32.8 cm³/mol. The Bertz CT molecular complexity index is 162. The quantitative estimate of drug-likeness (QED) is 0.450. The number of rotatable bonds is 1. The fourth-order valence-corrected chi connectivity index (χ4v) is 0.511. The summed E-state index contributed by atoms with van der Waals surface area (Å²) in [5.41, 5.74) is 0. The first-order valence-electron chi connectivity index (χ1n) is 2.47. The van der Waals surface area contributed by atoms with Gasteiger partial charge in [0.15, 0.2) is 6.04 Å². The van der Waals surface area contributed by atoms with E-state index in [-0.39, 0.29) is 5.97 Å². The van der Waals surface area contributed by atoms with Gasteiger partial charge in [-0.1, -0.05) is 0 Å². The van der Waals surface area contributed by atoms with Crippen LogP contribution >= 0.6 is 0 Å². The van der Waals surface area contributed by atoms with E-state index < -0.39 is 6.04 Å². The molecule has 0 aromatic rings. The maximum atomic E-state index is 10.6. The number of aliphatic imine (C=N–C) groups is 2.